The highest BCUT2D eigenvalue weighted by Crippen LogP contribution is 2.37. The summed E-state index contributed by atoms with van der Waals surface area (Å²) in [6, 6.07) is 9.91. The minimum atomic E-state index is -0.592. The van der Waals surface area contributed by atoms with Crippen molar-refractivity contribution in [3.8, 4) is 22.8 Å². The average molecular weight is 592 g/mol. The van der Waals surface area contributed by atoms with Gasteiger partial charge in [-0.2, -0.15) is 0 Å². The zero-order chi connectivity index (χ0) is 31.4. The van der Waals surface area contributed by atoms with Crippen LogP contribution in [0.4, 0.5) is 5.69 Å². The minimum Gasteiger partial charge on any atom is -0.493 e. The van der Waals surface area contributed by atoms with Crippen molar-refractivity contribution in [3.05, 3.63) is 80.1 Å². The highest BCUT2D eigenvalue weighted by atomic mass is 16.5. The molecule has 1 amide bonds. The molecule has 1 aliphatic heterocycles. The van der Waals surface area contributed by atoms with Crippen LogP contribution in [0.15, 0.2) is 51.7 Å². The molecular weight excluding hydrogens is 550 g/mol. The maximum absolute atomic E-state index is 14.1. The first-order chi connectivity index (χ1) is 20.5. The van der Waals surface area contributed by atoms with Gasteiger partial charge in [0, 0.05) is 45.4 Å². The Bertz CT molecular complexity index is 1680. The summed E-state index contributed by atoms with van der Waals surface area (Å²) >= 11 is 0. The van der Waals surface area contributed by atoms with Crippen LogP contribution in [0, 0.1) is 20.8 Å². The van der Waals surface area contributed by atoms with Gasteiger partial charge in [0.1, 0.15) is 5.49 Å². The highest BCUT2D eigenvalue weighted by molar-refractivity contribution is 5.93. The molecular formula is C31H41N7O5. The molecule has 230 valence electrons. The number of likely N-dealkylation sites (N-methyl/N-ethyl adjacent to an activating group) is 1. The Balaban J connectivity index is 1.86. The first-order valence-corrected chi connectivity index (χ1v) is 14.2. The second kappa shape index (κ2) is 13.1. The maximum Gasteiger partial charge on any atom is 0.330 e. The van der Waals surface area contributed by atoms with E-state index in [0.29, 0.717) is 36.6 Å². The standard InChI is InChI=1S/C31H41N7O5/c1-8-43-25-15-21-9-11-37-23(22(21)16-24(25)42-7)17-26(35-27-19(3)13-18(2)14-20(27)4)38(31(37)41)12-10-34-30(40)28(36(6)32)29(39)33-5/h13-17,33,39H,8-12,32H2,1-7H3,(H,34,40)/b29-28+,35-26+. The van der Waals surface area contributed by atoms with Crippen molar-refractivity contribution in [1.82, 2.24) is 24.8 Å². The van der Waals surface area contributed by atoms with Gasteiger partial charge < -0.3 is 30.2 Å². The molecule has 12 nitrogen and oxygen atoms in total. The van der Waals surface area contributed by atoms with Gasteiger partial charge >= 0.3 is 5.69 Å². The summed E-state index contributed by atoms with van der Waals surface area (Å²) in [4.78, 5) is 31.9. The number of hydrogen-bond donors (Lipinski definition) is 4. The van der Waals surface area contributed by atoms with Crippen LogP contribution in [0.3, 0.4) is 0 Å². The molecule has 2 heterocycles. The SMILES string of the molecule is CCOc1cc2c(cc1OC)-c1c/c(=N\c3c(C)cc(C)cc3C)n(CCNC(=O)/C(=C(\O)NC)N(C)N)c(=O)n1CC2. The number of fused-ring (bicyclic) bond motifs is 3. The third kappa shape index (κ3) is 6.38. The molecule has 0 radical (unpaired) electrons. The van der Waals surface area contributed by atoms with Crippen LogP contribution in [0.2, 0.25) is 0 Å². The van der Waals surface area contributed by atoms with E-state index < -0.39 is 5.91 Å². The maximum atomic E-state index is 14.1. The predicted octanol–water partition coefficient (Wildman–Crippen LogP) is 2.31. The number of nitrogens with two attached hydrogens (primary N) is 1. The zero-order valence-corrected chi connectivity index (χ0v) is 25.9. The number of hydrogen-bond acceptors (Lipinski definition) is 9. The van der Waals surface area contributed by atoms with E-state index in [-0.39, 0.29) is 30.4 Å². The highest BCUT2D eigenvalue weighted by Gasteiger charge is 2.23. The lowest BCUT2D eigenvalue weighted by atomic mass is 9.97. The molecule has 0 saturated carbocycles. The number of carbonyl (C=O) groups is 1. The number of benzene rings is 2. The van der Waals surface area contributed by atoms with Gasteiger partial charge in [-0.3, -0.25) is 13.9 Å². The molecule has 0 aliphatic carbocycles. The van der Waals surface area contributed by atoms with Crippen LogP contribution in [-0.4, -0.2) is 59.5 Å². The number of ether oxygens (including phenoxy) is 2. The molecule has 1 aromatic heterocycles. The molecule has 2 aromatic carbocycles. The van der Waals surface area contributed by atoms with Crippen LogP contribution < -0.4 is 37.1 Å². The number of nitrogens with zero attached hydrogens (tertiary/aromatic N) is 4. The summed E-state index contributed by atoms with van der Waals surface area (Å²) in [5, 5.41) is 16.4. The molecule has 0 bridgehead atoms. The fraction of sp³-hybridized carbons (Fsp3) is 0.387. The van der Waals surface area contributed by atoms with E-state index in [9.17, 15) is 14.7 Å². The van der Waals surface area contributed by atoms with Crippen LogP contribution in [-0.2, 0) is 24.3 Å². The summed E-state index contributed by atoms with van der Waals surface area (Å²) in [6.45, 7) is 9.14. The Morgan fingerprint density at radius 1 is 1.14 bits per heavy atom. The van der Waals surface area contributed by atoms with Crippen molar-refractivity contribution in [2.45, 2.75) is 47.2 Å². The zero-order valence-electron chi connectivity index (χ0n) is 25.9. The van der Waals surface area contributed by atoms with Gasteiger partial charge in [0.05, 0.1) is 25.1 Å². The number of hydrazine groups is 1. The van der Waals surface area contributed by atoms with Gasteiger partial charge in [0.25, 0.3) is 5.91 Å². The number of nitrogens with one attached hydrogen (secondary N) is 2. The fourth-order valence-corrected chi connectivity index (χ4v) is 5.46. The minimum absolute atomic E-state index is 0.0862. The molecule has 1 aliphatic rings. The summed E-state index contributed by atoms with van der Waals surface area (Å²) < 4.78 is 14.7. The van der Waals surface area contributed by atoms with E-state index in [1.807, 2.05) is 45.9 Å². The Labute approximate surface area is 251 Å². The molecule has 12 heteroatoms. The molecule has 4 rings (SSSR count). The topological polar surface area (TPSA) is 148 Å². The molecule has 0 spiro atoms. The van der Waals surface area contributed by atoms with E-state index in [1.165, 1.54) is 14.1 Å². The second-order valence-electron chi connectivity index (χ2n) is 10.5. The van der Waals surface area contributed by atoms with Crippen molar-refractivity contribution in [2.24, 2.45) is 10.8 Å². The van der Waals surface area contributed by atoms with Gasteiger partial charge in [-0.1, -0.05) is 17.7 Å². The molecule has 43 heavy (non-hydrogen) atoms. The van der Waals surface area contributed by atoms with E-state index in [2.05, 4.69) is 22.8 Å². The number of methoxy groups -OCH3 is 1. The number of aromatic nitrogens is 2. The van der Waals surface area contributed by atoms with Crippen molar-refractivity contribution in [3.63, 3.8) is 0 Å². The molecule has 0 saturated heterocycles. The Hall–Kier alpha value is -4.71. The molecule has 0 fully saturated rings. The number of carbonyl (C=O) groups excluding carboxylic acids is 1. The Morgan fingerprint density at radius 2 is 1.84 bits per heavy atom. The number of aliphatic hydroxyl groups is 1. The van der Waals surface area contributed by atoms with Gasteiger partial charge in [-0.05, 0) is 62.9 Å². The van der Waals surface area contributed by atoms with Crippen LogP contribution in [0.5, 0.6) is 11.5 Å². The van der Waals surface area contributed by atoms with Gasteiger partial charge in [-0.25, -0.2) is 15.6 Å². The Kier molecular flexibility index (Phi) is 9.50. The largest absolute Gasteiger partial charge is 0.493 e. The summed E-state index contributed by atoms with van der Waals surface area (Å²) in [5.41, 5.74) is 6.59. The summed E-state index contributed by atoms with van der Waals surface area (Å²) in [7, 11) is 4.52. The van der Waals surface area contributed by atoms with Crippen molar-refractivity contribution in [1.29, 1.82) is 0 Å². The second-order valence-corrected chi connectivity index (χ2v) is 10.5. The lowest BCUT2D eigenvalue weighted by Crippen LogP contribution is -2.45. The third-order valence-corrected chi connectivity index (χ3v) is 7.38. The van der Waals surface area contributed by atoms with Crippen molar-refractivity contribution < 1.29 is 19.4 Å². The summed E-state index contributed by atoms with van der Waals surface area (Å²) in [5.74, 6) is 6.05. The number of aryl methyl sites for hydroxylation is 4. The van der Waals surface area contributed by atoms with Crippen LogP contribution >= 0.6 is 0 Å². The number of rotatable bonds is 10. The lowest BCUT2D eigenvalue weighted by Gasteiger charge is -2.25. The van der Waals surface area contributed by atoms with Crippen LogP contribution in [0.25, 0.3) is 11.3 Å². The lowest BCUT2D eigenvalue weighted by molar-refractivity contribution is -0.119. The predicted molar refractivity (Wildman–Crippen MR) is 165 cm³/mol. The fourth-order valence-electron chi connectivity index (χ4n) is 5.46. The summed E-state index contributed by atoms with van der Waals surface area (Å²) in [6.07, 6.45) is 0.635. The van der Waals surface area contributed by atoms with Crippen LogP contribution in [0.1, 0.15) is 29.2 Å². The quantitative estimate of drug-likeness (QED) is 0.122. The van der Waals surface area contributed by atoms with Gasteiger partial charge in [0.15, 0.2) is 17.2 Å². The number of aliphatic hydroxyl groups excluding tert-OH is 1. The Morgan fingerprint density at radius 3 is 2.44 bits per heavy atom. The van der Waals surface area contributed by atoms with Crippen molar-refractivity contribution in [2.75, 3.05) is 34.4 Å². The van der Waals surface area contributed by atoms with E-state index in [4.69, 9.17) is 20.3 Å². The third-order valence-electron chi connectivity index (χ3n) is 7.38. The van der Waals surface area contributed by atoms with Gasteiger partial charge in [-0.15, -0.1) is 0 Å². The van der Waals surface area contributed by atoms with E-state index in [1.54, 1.807) is 16.2 Å². The monoisotopic (exact) mass is 591 g/mol. The first-order valence-electron chi connectivity index (χ1n) is 14.2. The smallest absolute Gasteiger partial charge is 0.330 e. The van der Waals surface area contributed by atoms with E-state index in [0.717, 1.165) is 44.2 Å². The van der Waals surface area contributed by atoms with Crippen molar-refractivity contribution >= 4 is 11.6 Å². The molecule has 0 atom stereocenters. The average Bonchev–Trinajstić information content (AvgIpc) is 2.95. The number of amides is 1. The normalized spacial score (nSPS) is 13.1. The first kappa shape index (κ1) is 31.2. The molecule has 5 N–H and O–H groups in total. The molecule has 0 unspecified atom stereocenters. The molecule has 3 aromatic rings. The van der Waals surface area contributed by atoms with Gasteiger partial charge in [0.2, 0.25) is 5.88 Å². The van der Waals surface area contributed by atoms with E-state index >= 15 is 0 Å².